The molecule has 31 heavy (non-hydrogen) atoms. The molecule has 1 aromatic carbocycles. The van der Waals surface area contributed by atoms with Gasteiger partial charge in [0.25, 0.3) is 0 Å². The number of ether oxygens (including phenoxy) is 1. The number of carbonyl (C=O) groups is 2. The number of rotatable bonds is 9. The maximum atomic E-state index is 13.1. The predicted molar refractivity (Wildman–Crippen MR) is 117 cm³/mol. The number of ketones is 1. The van der Waals surface area contributed by atoms with E-state index >= 15 is 0 Å². The van der Waals surface area contributed by atoms with Crippen LogP contribution in [0.2, 0.25) is 0 Å². The summed E-state index contributed by atoms with van der Waals surface area (Å²) in [5.41, 5.74) is 4.94. The highest BCUT2D eigenvalue weighted by Gasteiger charge is 2.18. The highest BCUT2D eigenvalue weighted by atomic mass is 32.2. The Kier molecular flexibility index (Phi) is 7.33. The van der Waals surface area contributed by atoms with Gasteiger partial charge in [0.05, 0.1) is 11.4 Å². The smallest absolute Gasteiger partial charge is 0.316 e. The van der Waals surface area contributed by atoms with Crippen molar-refractivity contribution in [2.75, 3.05) is 12.4 Å². The third-order valence-electron chi connectivity index (χ3n) is 5.14. The Hall–Kier alpha value is -2.87. The second kappa shape index (κ2) is 9.96. The van der Waals surface area contributed by atoms with Gasteiger partial charge in [0.2, 0.25) is 5.78 Å². The van der Waals surface area contributed by atoms with E-state index in [0.29, 0.717) is 17.9 Å². The molecule has 2 aromatic heterocycles. The molecule has 3 aromatic rings. The van der Waals surface area contributed by atoms with Gasteiger partial charge in [0.1, 0.15) is 11.6 Å². The van der Waals surface area contributed by atoms with Crippen LogP contribution < -0.4 is 0 Å². The van der Waals surface area contributed by atoms with Crippen molar-refractivity contribution in [1.29, 1.82) is 0 Å². The number of aryl methyl sites for hydroxylation is 3. The number of halogens is 1. The van der Waals surface area contributed by atoms with Gasteiger partial charge in [-0.3, -0.25) is 9.59 Å². The highest BCUT2D eigenvalue weighted by molar-refractivity contribution is 7.99. The molecule has 0 saturated heterocycles. The van der Waals surface area contributed by atoms with Crippen LogP contribution in [-0.2, 0) is 21.8 Å². The molecule has 0 aliphatic carbocycles. The molecule has 0 radical (unpaired) electrons. The molecule has 0 amide bonds. The first kappa shape index (κ1) is 22.8. The minimum atomic E-state index is -0.440. The largest absolute Gasteiger partial charge is 0.457 e. The van der Waals surface area contributed by atoms with Crippen molar-refractivity contribution < 1.29 is 23.2 Å². The Labute approximate surface area is 184 Å². The highest BCUT2D eigenvalue weighted by Crippen LogP contribution is 2.20. The van der Waals surface area contributed by atoms with Gasteiger partial charge in [0.15, 0.2) is 6.61 Å². The molecule has 0 unspecified atom stereocenters. The summed E-state index contributed by atoms with van der Waals surface area (Å²) in [5.74, 6) is 0.500. The van der Waals surface area contributed by atoms with Gasteiger partial charge in [0, 0.05) is 34.8 Å². The molecule has 0 saturated carbocycles. The van der Waals surface area contributed by atoms with Crippen molar-refractivity contribution in [2.24, 2.45) is 0 Å². The van der Waals surface area contributed by atoms with Crippen molar-refractivity contribution in [3.63, 3.8) is 0 Å². The second-order valence-electron chi connectivity index (χ2n) is 7.38. The molecule has 8 heteroatoms. The average molecular weight is 445 g/mol. The minimum Gasteiger partial charge on any atom is -0.457 e. The normalized spacial score (nSPS) is 11.0. The van der Waals surface area contributed by atoms with Crippen molar-refractivity contribution in [3.8, 4) is 0 Å². The lowest BCUT2D eigenvalue weighted by Gasteiger charge is -2.10. The second-order valence-corrected chi connectivity index (χ2v) is 8.36. The third kappa shape index (κ3) is 5.64. The van der Waals surface area contributed by atoms with Crippen LogP contribution in [-0.4, -0.2) is 33.8 Å². The van der Waals surface area contributed by atoms with Crippen LogP contribution in [0.15, 0.2) is 34.9 Å². The van der Waals surface area contributed by atoms with Crippen molar-refractivity contribution in [2.45, 2.75) is 40.0 Å². The van der Waals surface area contributed by atoms with E-state index in [1.54, 1.807) is 18.2 Å². The molecule has 6 nitrogen and oxygen atoms in total. The molecular formula is C23H25FN2O4S. The van der Waals surface area contributed by atoms with Crippen LogP contribution in [0.5, 0.6) is 0 Å². The quantitative estimate of drug-likeness (QED) is 0.356. The van der Waals surface area contributed by atoms with E-state index in [2.05, 4.69) is 5.16 Å². The summed E-state index contributed by atoms with van der Waals surface area (Å²) in [6, 6.07) is 8.06. The summed E-state index contributed by atoms with van der Waals surface area (Å²) in [6.07, 6.45) is 0. The lowest BCUT2D eigenvalue weighted by Crippen LogP contribution is -2.16. The van der Waals surface area contributed by atoms with Crippen LogP contribution in [0, 0.1) is 33.5 Å². The monoisotopic (exact) mass is 444 g/mol. The molecule has 0 N–H and O–H groups in total. The maximum Gasteiger partial charge on any atom is 0.316 e. The van der Waals surface area contributed by atoms with Gasteiger partial charge in [-0.05, 0) is 51.5 Å². The Morgan fingerprint density at radius 1 is 1.16 bits per heavy atom. The fourth-order valence-electron chi connectivity index (χ4n) is 3.31. The first-order chi connectivity index (χ1) is 14.8. The Morgan fingerprint density at radius 2 is 1.87 bits per heavy atom. The first-order valence-corrected chi connectivity index (χ1v) is 11.0. The summed E-state index contributed by atoms with van der Waals surface area (Å²) >= 11 is 1.39. The first-order valence-electron chi connectivity index (χ1n) is 9.85. The molecule has 164 valence electrons. The van der Waals surface area contributed by atoms with Gasteiger partial charge in [-0.1, -0.05) is 17.3 Å². The van der Waals surface area contributed by atoms with Crippen LogP contribution in [0.4, 0.5) is 4.39 Å². The minimum absolute atomic E-state index is 0.140. The topological polar surface area (TPSA) is 74.3 Å². The lowest BCUT2D eigenvalue weighted by molar-refractivity contribution is -0.139. The standard InChI is InChI=1S/C23H25FN2O4S/c1-14-9-20(16(3)26(14)10-18-5-7-19(24)8-6-18)22(27)11-29-23(28)13-31-12-21-15(2)25-30-17(21)4/h5-9H,10-13H2,1-4H3. The number of esters is 1. The Bertz CT molecular complexity index is 1070. The average Bonchev–Trinajstić information content (AvgIpc) is 3.21. The zero-order valence-electron chi connectivity index (χ0n) is 18.0. The van der Waals surface area contributed by atoms with Gasteiger partial charge in [-0.15, -0.1) is 11.8 Å². The van der Waals surface area contributed by atoms with Crippen molar-refractivity contribution >= 4 is 23.5 Å². The van der Waals surface area contributed by atoms with Gasteiger partial charge in [-0.2, -0.15) is 0 Å². The molecule has 0 atom stereocenters. The number of benzene rings is 1. The molecule has 0 aliphatic rings. The van der Waals surface area contributed by atoms with Crippen LogP contribution in [0.3, 0.4) is 0 Å². The number of aromatic nitrogens is 2. The molecule has 0 aliphatic heterocycles. The van der Waals surface area contributed by atoms with E-state index in [9.17, 15) is 14.0 Å². The van der Waals surface area contributed by atoms with E-state index in [-0.39, 0.29) is 24.0 Å². The molecule has 3 rings (SSSR count). The number of nitrogens with zero attached hydrogens (tertiary/aromatic N) is 2. The van der Waals surface area contributed by atoms with E-state index in [0.717, 1.165) is 34.0 Å². The van der Waals surface area contributed by atoms with E-state index in [4.69, 9.17) is 9.26 Å². The van der Waals surface area contributed by atoms with Crippen LogP contribution >= 0.6 is 11.8 Å². The summed E-state index contributed by atoms with van der Waals surface area (Å²) in [4.78, 5) is 24.6. The number of carbonyl (C=O) groups excluding carboxylic acids is 2. The van der Waals surface area contributed by atoms with Gasteiger partial charge >= 0.3 is 5.97 Å². The predicted octanol–water partition coefficient (Wildman–Crippen LogP) is 4.56. The van der Waals surface area contributed by atoms with Crippen molar-refractivity contribution in [1.82, 2.24) is 9.72 Å². The van der Waals surface area contributed by atoms with Gasteiger partial charge < -0.3 is 13.8 Å². The fraction of sp³-hybridized carbons (Fsp3) is 0.348. The van der Waals surface area contributed by atoms with E-state index in [1.807, 2.05) is 32.3 Å². The fourth-order valence-corrected chi connectivity index (χ4v) is 4.28. The lowest BCUT2D eigenvalue weighted by atomic mass is 10.1. The molecule has 2 heterocycles. The molecular weight excluding hydrogens is 419 g/mol. The number of thioether (sulfide) groups is 1. The SMILES string of the molecule is Cc1noc(C)c1CSCC(=O)OCC(=O)c1cc(C)n(Cc2ccc(F)cc2)c1C. The number of Topliss-reactive ketones (excluding diaryl/α,β-unsaturated/α-hetero) is 1. The van der Waals surface area contributed by atoms with Crippen molar-refractivity contribution in [3.05, 3.63) is 75.7 Å². The van der Waals surface area contributed by atoms with E-state index in [1.165, 1.54) is 23.9 Å². The van der Waals surface area contributed by atoms with Crippen LogP contribution in [0.25, 0.3) is 0 Å². The molecule has 0 bridgehead atoms. The summed E-state index contributed by atoms with van der Waals surface area (Å²) in [6.45, 7) is 7.68. The number of hydrogen-bond donors (Lipinski definition) is 0. The summed E-state index contributed by atoms with van der Waals surface area (Å²) < 4.78 is 25.4. The summed E-state index contributed by atoms with van der Waals surface area (Å²) in [5, 5.41) is 3.89. The number of hydrogen-bond acceptors (Lipinski definition) is 6. The van der Waals surface area contributed by atoms with Gasteiger partial charge in [-0.25, -0.2) is 4.39 Å². The van der Waals surface area contributed by atoms with E-state index < -0.39 is 5.97 Å². The zero-order valence-corrected chi connectivity index (χ0v) is 18.8. The Balaban J connectivity index is 1.53. The third-order valence-corrected chi connectivity index (χ3v) is 6.07. The molecule has 0 fully saturated rings. The maximum absolute atomic E-state index is 13.1. The zero-order chi connectivity index (χ0) is 22.5. The Morgan fingerprint density at radius 3 is 2.52 bits per heavy atom. The summed E-state index contributed by atoms with van der Waals surface area (Å²) in [7, 11) is 0. The molecule has 0 spiro atoms. The van der Waals surface area contributed by atoms with Crippen LogP contribution in [0.1, 0.15) is 44.3 Å².